The number of amides is 1. The van der Waals surface area contributed by atoms with Crippen molar-refractivity contribution in [1.82, 2.24) is 9.71 Å². The number of aryl methyl sites for hydroxylation is 1. The molecule has 1 aromatic heterocycles. The molecule has 0 aliphatic heterocycles. The Morgan fingerprint density at radius 3 is 2.30 bits per heavy atom. The number of carbonyl (C=O) groups excluding carboxylic acids is 1. The Balaban J connectivity index is 1.93. The van der Waals surface area contributed by atoms with E-state index in [9.17, 15) is 26.4 Å². The number of carbonyl (C=O) groups is 1. The maximum atomic E-state index is 12.7. The van der Waals surface area contributed by atoms with Gasteiger partial charge in [0.25, 0.3) is 0 Å². The van der Waals surface area contributed by atoms with Gasteiger partial charge in [-0.2, -0.15) is 13.2 Å². The molecule has 2 rings (SSSR count). The van der Waals surface area contributed by atoms with Crippen LogP contribution < -0.4 is 10.0 Å². The minimum Gasteiger partial charge on any atom is -0.310 e. The maximum Gasteiger partial charge on any atom is 0.417 e. The third-order valence-corrected chi connectivity index (χ3v) is 6.60. The van der Waals surface area contributed by atoms with Gasteiger partial charge in [0.15, 0.2) is 0 Å². The summed E-state index contributed by atoms with van der Waals surface area (Å²) < 4.78 is 64.5. The normalized spacial score (nSPS) is 21.3. The summed E-state index contributed by atoms with van der Waals surface area (Å²) in [6.45, 7) is 4.65. The lowest BCUT2D eigenvalue weighted by Crippen LogP contribution is -2.42. The number of aromatic nitrogens is 1. The molecule has 0 atom stereocenters. The molecule has 152 valence electrons. The van der Waals surface area contributed by atoms with Gasteiger partial charge in [0.1, 0.15) is 5.82 Å². The van der Waals surface area contributed by atoms with Gasteiger partial charge in [-0.3, -0.25) is 4.79 Å². The highest BCUT2D eigenvalue weighted by Gasteiger charge is 2.32. The van der Waals surface area contributed by atoms with Crippen molar-refractivity contribution in [2.45, 2.75) is 63.9 Å². The second-order valence-corrected chi connectivity index (χ2v) is 9.41. The third-order valence-electron chi connectivity index (χ3n) is 4.70. The Labute approximate surface area is 157 Å². The van der Waals surface area contributed by atoms with Gasteiger partial charge >= 0.3 is 6.18 Å². The molecule has 0 aromatic carbocycles. The fraction of sp³-hybridized carbons (Fsp3) is 0.647. The summed E-state index contributed by atoms with van der Waals surface area (Å²) in [7, 11) is -3.36. The lowest BCUT2D eigenvalue weighted by atomic mass is 9.86. The van der Waals surface area contributed by atoms with Crippen LogP contribution in [0, 0.1) is 12.8 Å². The maximum absolute atomic E-state index is 12.7. The first kappa shape index (κ1) is 21.6. The fourth-order valence-corrected chi connectivity index (χ4v) is 3.89. The van der Waals surface area contributed by atoms with Gasteiger partial charge in [-0.25, -0.2) is 18.1 Å². The standard InChI is InChI=1S/C17H24F3N3O3S/c1-10(2)27(25,26)23-14-6-4-12(5-7-14)16(24)22-15-11(3)8-13(9-21-15)17(18,19)20/h8-10,12,14,23H,4-7H2,1-3H3,(H,21,22,24)/t12-,14-. The van der Waals surface area contributed by atoms with Gasteiger partial charge in [-0.05, 0) is 58.1 Å². The van der Waals surface area contributed by atoms with Crippen LogP contribution in [-0.4, -0.2) is 30.6 Å². The number of hydrogen-bond acceptors (Lipinski definition) is 4. The van der Waals surface area contributed by atoms with Crippen LogP contribution in [0.3, 0.4) is 0 Å². The van der Waals surface area contributed by atoms with Crippen molar-refractivity contribution in [3.05, 3.63) is 23.4 Å². The summed E-state index contributed by atoms with van der Waals surface area (Å²) >= 11 is 0. The molecule has 1 heterocycles. The molecule has 10 heteroatoms. The number of pyridine rings is 1. The molecule has 1 amide bonds. The number of nitrogens with zero attached hydrogens (tertiary/aromatic N) is 1. The van der Waals surface area contributed by atoms with E-state index in [1.807, 2.05) is 0 Å². The van der Waals surface area contributed by atoms with E-state index in [0.29, 0.717) is 31.9 Å². The van der Waals surface area contributed by atoms with Crippen LogP contribution in [-0.2, 0) is 21.0 Å². The van der Waals surface area contributed by atoms with Crippen molar-refractivity contribution in [2.24, 2.45) is 5.92 Å². The third kappa shape index (κ3) is 5.65. The summed E-state index contributed by atoms with van der Waals surface area (Å²) in [6.07, 6.45) is -1.73. The topological polar surface area (TPSA) is 88.2 Å². The van der Waals surface area contributed by atoms with Crippen LogP contribution in [0.25, 0.3) is 0 Å². The van der Waals surface area contributed by atoms with Crippen LogP contribution in [0.5, 0.6) is 0 Å². The largest absolute Gasteiger partial charge is 0.417 e. The van der Waals surface area contributed by atoms with Gasteiger partial charge in [0.05, 0.1) is 10.8 Å². The number of nitrogens with one attached hydrogen (secondary N) is 2. The minimum atomic E-state index is -4.48. The Morgan fingerprint density at radius 1 is 1.22 bits per heavy atom. The predicted octanol–water partition coefficient (Wildman–Crippen LogP) is 3.23. The van der Waals surface area contributed by atoms with E-state index in [1.54, 1.807) is 13.8 Å². The lowest BCUT2D eigenvalue weighted by molar-refractivity contribution is -0.137. The van der Waals surface area contributed by atoms with Crippen molar-refractivity contribution in [1.29, 1.82) is 0 Å². The van der Waals surface area contributed by atoms with E-state index in [0.717, 1.165) is 6.07 Å². The lowest BCUT2D eigenvalue weighted by Gasteiger charge is -2.28. The van der Waals surface area contributed by atoms with Crippen molar-refractivity contribution in [3.8, 4) is 0 Å². The second kappa shape index (κ2) is 8.14. The van der Waals surface area contributed by atoms with Gasteiger partial charge in [-0.15, -0.1) is 0 Å². The number of halogens is 3. The van der Waals surface area contributed by atoms with Gasteiger partial charge in [0, 0.05) is 18.2 Å². The van der Waals surface area contributed by atoms with E-state index in [2.05, 4.69) is 15.0 Å². The Morgan fingerprint density at radius 2 is 1.81 bits per heavy atom. The van der Waals surface area contributed by atoms with E-state index >= 15 is 0 Å². The molecule has 1 fully saturated rings. The number of alkyl halides is 3. The first-order chi connectivity index (χ1) is 12.4. The van der Waals surface area contributed by atoms with Crippen molar-refractivity contribution in [2.75, 3.05) is 5.32 Å². The zero-order valence-electron chi connectivity index (χ0n) is 15.4. The zero-order valence-corrected chi connectivity index (χ0v) is 16.2. The molecular weight excluding hydrogens is 383 g/mol. The summed E-state index contributed by atoms with van der Waals surface area (Å²) in [5, 5.41) is 2.06. The first-order valence-electron chi connectivity index (χ1n) is 8.76. The molecule has 27 heavy (non-hydrogen) atoms. The monoisotopic (exact) mass is 407 g/mol. The van der Waals surface area contributed by atoms with Gasteiger partial charge < -0.3 is 5.32 Å². The molecule has 2 N–H and O–H groups in total. The molecule has 0 saturated heterocycles. The van der Waals surface area contributed by atoms with Gasteiger partial charge in [-0.1, -0.05) is 0 Å². The highest BCUT2D eigenvalue weighted by Crippen LogP contribution is 2.31. The smallest absolute Gasteiger partial charge is 0.310 e. The zero-order chi connectivity index (χ0) is 20.4. The van der Waals surface area contributed by atoms with Crippen molar-refractivity contribution >= 4 is 21.7 Å². The molecular formula is C17H24F3N3O3S. The first-order valence-corrected chi connectivity index (χ1v) is 10.3. The van der Waals surface area contributed by atoms with E-state index < -0.39 is 27.0 Å². The highest BCUT2D eigenvalue weighted by atomic mass is 32.2. The fourth-order valence-electron chi connectivity index (χ4n) is 2.92. The molecule has 6 nitrogen and oxygen atoms in total. The molecule has 0 radical (unpaired) electrons. The number of sulfonamides is 1. The van der Waals surface area contributed by atoms with Crippen LogP contribution in [0.2, 0.25) is 0 Å². The summed E-state index contributed by atoms with van der Waals surface area (Å²) in [4.78, 5) is 16.1. The van der Waals surface area contributed by atoms with Crippen LogP contribution in [0.4, 0.5) is 19.0 Å². The average molecular weight is 407 g/mol. The molecule has 0 spiro atoms. The molecule has 0 unspecified atom stereocenters. The molecule has 1 saturated carbocycles. The van der Waals surface area contributed by atoms with Crippen LogP contribution >= 0.6 is 0 Å². The predicted molar refractivity (Wildman–Crippen MR) is 95.5 cm³/mol. The molecule has 1 aliphatic rings. The minimum absolute atomic E-state index is 0.107. The van der Waals surface area contributed by atoms with Crippen LogP contribution in [0.15, 0.2) is 12.3 Å². The highest BCUT2D eigenvalue weighted by molar-refractivity contribution is 7.90. The Bertz CT molecular complexity index is 786. The van der Waals surface area contributed by atoms with E-state index in [-0.39, 0.29) is 29.2 Å². The summed E-state index contributed by atoms with van der Waals surface area (Å²) in [5.41, 5.74) is -0.632. The van der Waals surface area contributed by atoms with Gasteiger partial charge in [0.2, 0.25) is 15.9 Å². The summed E-state index contributed by atoms with van der Waals surface area (Å²) in [5.74, 6) is -0.528. The number of anilines is 1. The number of rotatable bonds is 5. The average Bonchev–Trinajstić information content (AvgIpc) is 2.55. The Hall–Kier alpha value is -1.68. The molecule has 0 bridgehead atoms. The molecule has 1 aromatic rings. The second-order valence-electron chi connectivity index (χ2n) is 7.14. The van der Waals surface area contributed by atoms with E-state index in [1.165, 1.54) is 6.92 Å². The Kier molecular flexibility index (Phi) is 6.51. The summed E-state index contributed by atoms with van der Waals surface area (Å²) in [6, 6.07) is 0.743. The van der Waals surface area contributed by atoms with E-state index in [4.69, 9.17) is 0 Å². The quantitative estimate of drug-likeness (QED) is 0.784. The van der Waals surface area contributed by atoms with Crippen LogP contribution in [0.1, 0.15) is 50.7 Å². The van der Waals surface area contributed by atoms with Crippen molar-refractivity contribution in [3.63, 3.8) is 0 Å². The van der Waals surface area contributed by atoms with Crippen molar-refractivity contribution < 1.29 is 26.4 Å². The molecule has 1 aliphatic carbocycles. The SMILES string of the molecule is Cc1cc(C(F)(F)F)cnc1NC(=O)[C@H]1CC[C@H](NS(=O)(=O)C(C)C)CC1. The number of hydrogen-bond donors (Lipinski definition) is 2.